The molecule has 8 nitrogen and oxygen atoms in total. The summed E-state index contributed by atoms with van der Waals surface area (Å²) in [6.07, 6.45) is 5.14. The Morgan fingerprint density at radius 3 is 2.47 bits per heavy atom. The number of non-ortho nitro benzene ring substituents is 1. The Hall–Kier alpha value is -3.94. The molecule has 0 unspecified atom stereocenters. The number of carbonyl (C=O) groups excluding carboxylic acids is 2. The molecule has 0 aliphatic heterocycles. The monoisotopic (exact) mass is 434 g/mol. The Labute approximate surface area is 184 Å². The van der Waals surface area contributed by atoms with Crippen molar-refractivity contribution in [2.75, 3.05) is 5.32 Å². The van der Waals surface area contributed by atoms with Crippen molar-refractivity contribution in [1.82, 2.24) is 0 Å². The largest absolute Gasteiger partial charge is 0.459 e. The van der Waals surface area contributed by atoms with E-state index in [2.05, 4.69) is 5.32 Å². The maximum Gasteiger partial charge on any atom is 0.338 e. The highest BCUT2D eigenvalue weighted by Crippen LogP contribution is 2.26. The summed E-state index contributed by atoms with van der Waals surface area (Å²) in [5, 5.41) is 13.7. The lowest BCUT2D eigenvalue weighted by atomic mass is 9.98. The second-order valence-corrected chi connectivity index (χ2v) is 7.67. The number of nitrogens with one attached hydrogen (secondary N) is 1. The number of rotatable bonds is 6. The zero-order chi connectivity index (χ0) is 22.5. The Bertz CT molecular complexity index is 1130. The summed E-state index contributed by atoms with van der Waals surface area (Å²) >= 11 is 0. The molecule has 0 spiro atoms. The molecule has 4 rings (SSSR count). The van der Waals surface area contributed by atoms with Gasteiger partial charge in [-0.25, -0.2) is 4.79 Å². The van der Waals surface area contributed by atoms with Crippen LogP contribution in [0, 0.1) is 10.1 Å². The minimum Gasteiger partial charge on any atom is -0.459 e. The molecule has 2 aromatic carbocycles. The van der Waals surface area contributed by atoms with Crippen molar-refractivity contribution in [3.63, 3.8) is 0 Å². The van der Waals surface area contributed by atoms with Gasteiger partial charge < -0.3 is 14.5 Å². The van der Waals surface area contributed by atoms with Gasteiger partial charge in [0, 0.05) is 23.4 Å². The van der Waals surface area contributed by atoms with E-state index in [1.54, 1.807) is 42.5 Å². The van der Waals surface area contributed by atoms with E-state index < -0.39 is 10.8 Å². The molecule has 0 bridgehead atoms. The van der Waals surface area contributed by atoms with Crippen LogP contribution in [0.15, 0.2) is 65.1 Å². The molecule has 8 heteroatoms. The van der Waals surface area contributed by atoms with Crippen LogP contribution in [0.2, 0.25) is 0 Å². The Balaban J connectivity index is 1.38. The van der Waals surface area contributed by atoms with Crippen molar-refractivity contribution in [1.29, 1.82) is 0 Å². The number of hydrogen-bond acceptors (Lipinski definition) is 6. The lowest BCUT2D eigenvalue weighted by Gasteiger charge is -2.21. The predicted octanol–water partition coefficient (Wildman–Crippen LogP) is 5.60. The molecule has 3 aromatic rings. The number of esters is 1. The van der Waals surface area contributed by atoms with Crippen molar-refractivity contribution in [2.24, 2.45) is 0 Å². The maximum absolute atomic E-state index is 12.5. The van der Waals surface area contributed by atoms with E-state index in [1.165, 1.54) is 24.6 Å². The number of carbonyl (C=O) groups is 2. The number of anilines is 1. The first-order chi connectivity index (χ1) is 15.5. The Kier molecular flexibility index (Phi) is 6.30. The minimum atomic E-state index is -0.491. The van der Waals surface area contributed by atoms with Gasteiger partial charge in [0.1, 0.15) is 11.9 Å². The lowest BCUT2D eigenvalue weighted by Crippen LogP contribution is -2.20. The first-order valence-corrected chi connectivity index (χ1v) is 10.5. The fraction of sp³-hybridized carbons (Fsp3) is 0.250. The molecule has 0 atom stereocenters. The molecule has 1 aliphatic rings. The first-order valence-electron chi connectivity index (χ1n) is 10.5. The van der Waals surface area contributed by atoms with Gasteiger partial charge in [-0.3, -0.25) is 14.9 Å². The molecule has 1 aliphatic carbocycles. The van der Waals surface area contributed by atoms with E-state index in [4.69, 9.17) is 9.15 Å². The van der Waals surface area contributed by atoms with Crippen LogP contribution >= 0.6 is 0 Å². The van der Waals surface area contributed by atoms with Gasteiger partial charge in [0.2, 0.25) is 0 Å². The van der Waals surface area contributed by atoms with Crippen molar-refractivity contribution in [2.45, 2.75) is 38.2 Å². The highest BCUT2D eigenvalue weighted by molar-refractivity contribution is 6.02. The fourth-order valence-corrected chi connectivity index (χ4v) is 3.67. The molecule has 1 aromatic heterocycles. The number of nitrogens with zero attached hydrogens (tertiary/aromatic N) is 1. The van der Waals surface area contributed by atoms with Gasteiger partial charge in [0.15, 0.2) is 5.76 Å². The van der Waals surface area contributed by atoms with Crippen LogP contribution in [-0.2, 0) is 4.74 Å². The number of nitro benzene ring substituents is 1. The van der Waals surface area contributed by atoms with E-state index in [0.717, 1.165) is 25.7 Å². The smallest absolute Gasteiger partial charge is 0.338 e. The van der Waals surface area contributed by atoms with Gasteiger partial charge in [0.05, 0.1) is 10.5 Å². The molecule has 1 fully saturated rings. The fourth-order valence-electron chi connectivity index (χ4n) is 3.67. The quantitative estimate of drug-likeness (QED) is 0.307. The Morgan fingerprint density at radius 2 is 1.75 bits per heavy atom. The molecular formula is C24H22N2O6. The molecule has 0 radical (unpaired) electrons. The Morgan fingerprint density at radius 1 is 1.00 bits per heavy atom. The van der Waals surface area contributed by atoms with Crippen molar-refractivity contribution >= 4 is 23.3 Å². The molecule has 1 N–H and O–H groups in total. The molecular weight excluding hydrogens is 412 g/mol. The van der Waals surface area contributed by atoms with Crippen molar-refractivity contribution < 1.29 is 23.7 Å². The molecule has 1 saturated carbocycles. The van der Waals surface area contributed by atoms with E-state index in [1.807, 2.05) is 0 Å². The number of ether oxygens (including phenoxy) is 1. The van der Waals surface area contributed by atoms with Crippen LogP contribution in [0.4, 0.5) is 11.4 Å². The van der Waals surface area contributed by atoms with Crippen LogP contribution in [0.3, 0.4) is 0 Å². The zero-order valence-corrected chi connectivity index (χ0v) is 17.3. The summed E-state index contributed by atoms with van der Waals surface area (Å²) < 4.78 is 11.1. The topological polar surface area (TPSA) is 112 Å². The molecule has 164 valence electrons. The van der Waals surface area contributed by atoms with Crippen LogP contribution in [0.1, 0.15) is 53.0 Å². The summed E-state index contributed by atoms with van der Waals surface area (Å²) in [6.45, 7) is 0. The van der Waals surface area contributed by atoms with Gasteiger partial charge in [-0.2, -0.15) is 0 Å². The normalized spacial score (nSPS) is 14.0. The van der Waals surface area contributed by atoms with Crippen LogP contribution in [-0.4, -0.2) is 22.9 Å². The number of furan rings is 1. The van der Waals surface area contributed by atoms with E-state index in [0.29, 0.717) is 22.6 Å². The van der Waals surface area contributed by atoms with Gasteiger partial charge in [-0.05, 0) is 62.1 Å². The highest BCUT2D eigenvalue weighted by Gasteiger charge is 2.19. The average Bonchev–Trinajstić information content (AvgIpc) is 3.31. The predicted molar refractivity (Wildman–Crippen MR) is 117 cm³/mol. The number of hydrogen-bond donors (Lipinski definition) is 1. The summed E-state index contributed by atoms with van der Waals surface area (Å²) in [5.41, 5.74) is 1.36. The third kappa shape index (κ3) is 5.03. The third-order valence-electron chi connectivity index (χ3n) is 5.38. The van der Waals surface area contributed by atoms with Crippen LogP contribution in [0.5, 0.6) is 0 Å². The van der Waals surface area contributed by atoms with Crippen molar-refractivity contribution in [3.05, 3.63) is 82.1 Å². The lowest BCUT2D eigenvalue weighted by molar-refractivity contribution is -0.384. The van der Waals surface area contributed by atoms with Crippen molar-refractivity contribution in [3.8, 4) is 11.3 Å². The van der Waals surface area contributed by atoms with E-state index in [-0.39, 0.29) is 23.5 Å². The second kappa shape index (κ2) is 9.47. The van der Waals surface area contributed by atoms with Gasteiger partial charge >= 0.3 is 5.97 Å². The van der Waals surface area contributed by atoms with E-state index >= 15 is 0 Å². The highest BCUT2D eigenvalue weighted by atomic mass is 16.6. The molecule has 1 amide bonds. The molecule has 1 heterocycles. The van der Waals surface area contributed by atoms with Gasteiger partial charge in [-0.15, -0.1) is 0 Å². The van der Waals surface area contributed by atoms with E-state index in [9.17, 15) is 19.7 Å². The number of nitro groups is 1. The average molecular weight is 434 g/mol. The van der Waals surface area contributed by atoms with Gasteiger partial charge in [0.25, 0.3) is 11.6 Å². The van der Waals surface area contributed by atoms with Crippen LogP contribution < -0.4 is 5.32 Å². The standard InChI is InChI=1S/C24H22N2O6/c27-23(22-14-13-21(32-22)17-5-4-6-19(15-17)26(29)30)25-18-11-9-16(10-12-18)24(28)31-20-7-2-1-3-8-20/h4-6,9-15,20H,1-3,7-8H2,(H,25,27). The number of amides is 1. The second-order valence-electron chi connectivity index (χ2n) is 7.67. The molecule has 32 heavy (non-hydrogen) atoms. The third-order valence-corrected chi connectivity index (χ3v) is 5.38. The summed E-state index contributed by atoms with van der Waals surface area (Å²) in [7, 11) is 0. The first kappa shape index (κ1) is 21.3. The van der Waals surface area contributed by atoms with Crippen LogP contribution in [0.25, 0.3) is 11.3 Å². The van der Waals surface area contributed by atoms with Gasteiger partial charge in [-0.1, -0.05) is 18.6 Å². The summed E-state index contributed by atoms with van der Waals surface area (Å²) in [6, 6.07) is 15.5. The summed E-state index contributed by atoms with van der Waals surface area (Å²) in [5.74, 6) is -0.423. The summed E-state index contributed by atoms with van der Waals surface area (Å²) in [4.78, 5) is 35.3. The maximum atomic E-state index is 12.5. The zero-order valence-electron chi connectivity index (χ0n) is 17.3. The minimum absolute atomic E-state index is 0.0187. The SMILES string of the molecule is O=C(OC1CCCCC1)c1ccc(NC(=O)c2ccc(-c3cccc([N+](=O)[O-])c3)o2)cc1. The molecule has 0 saturated heterocycles. The number of benzene rings is 2.